The van der Waals surface area contributed by atoms with Crippen LogP contribution in [0.1, 0.15) is 18.4 Å². The Labute approximate surface area is 123 Å². The molecule has 2 rings (SSSR count). The van der Waals surface area contributed by atoms with E-state index in [2.05, 4.69) is 0 Å². The number of Topliss-reactive ketones (excluding diaryl/α,β-unsaturated/α-hetero) is 1. The summed E-state index contributed by atoms with van der Waals surface area (Å²) in [6.45, 7) is 0. The van der Waals surface area contributed by atoms with Gasteiger partial charge in [0.1, 0.15) is 5.78 Å². The van der Waals surface area contributed by atoms with Gasteiger partial charge in [0, 0.05) is 20.0 Å². The first kappa shape index (κ1) is 15.3. The zero-order chi connectivity index (χ0) is 15.2. The fourth-order valence-electron chi connectivity index (χ4n) is 2.21. The van der Waals surface area contributed by atoms with E-state index in [0.717, 1.165) is 5.56 Å². The van der Waals surface area contributed by atoms with Gasteiger partial charge < -0.3 is 14.2 Å². The number of ketones is 1. The summed E-state index contributed by atoms with van der Waals surface area (Å²) in [6.07, 6.45) is 0.182. The largest absolute Gasteiger partial charge is 0.494 e. The van der Waals surface area contributed by atoms with Crippen LogP contribution in [0.4, 0.5) is 0 Å². The predicted octanol–water partition coefficient (Wildman–Crippen LogP) is 2.01. The fourth-order valence-corrected chi connectivity index (χ4v) is 2.21. The molecule has 0 aromatic heterocycles. The molecule has 0 unspecified atom stereocenters. The molecule has 0 radical (unpaired) electrons. The Hall–Kier alpha value is -2.14. The summed E-state index contributed by atoms with van der Waals surface area (Å²) in [6, 6.07) is 9.74. The second-order valence-corrected chi connectivity index (χ2v) is 4.72. The number of hydrogen-bond acceptors (Lipinski definition) is 5. The average molecular weight is 290 g/mol. The molecule has 0 N–H and O–H groups in total. The SMILES string of the molecule is COC1=C(CC(=O)CCc2ccccc2)C(=O)O[C@H]1OC. The Morgan fingerprint density at radius 2 is 1.95 bits per heavy atom. The van der Waals surface area contributed by atoms with Gasteiger partial charge in [-0.3, -0.25) is 4.79 Å². The maximum Gasteiger partial charge on any atom is 0.340 e. The van der Waals surface area contributed by atoms with Gasteiger partial charge in [0.05, 0.1) is 12.7 Å². The number of aryl methyl sites for hydroxylation is 1. The molecule has 1 heterocycles. The Kier molecular flexibility index (Phi) is 5.11. The minimum Gasteiger partial charge on any atom is -0.494 e. The number of hydrogen-bond donors (Lipinski definition) is 0. The highest BCUT2D eigenvalue weighted by molar-refractivity contribution is 5.98. The number of ether oxygens (including phenoxy) is 3. The topological polar surface area (TPSA) is 61.8 Å². The highest BCUT2D eigenvalue weighted by Gasteiger charge is 2.36. The molecule has 1 aliphatic heterocycles. The summed E-state index contributed by atoms with van der Waals surface area (Å²) < 4.78 is 15.1. The summed E-state index contributed by atoms with van der Waals surface area (Å²) >= 11 is 0. The molecule has 0 amide bonds. The van der Waals surface area contributed by atoms with Crippen molar-refractivity contribution in [3.05, 3.63) is 47.2 Å². The van der Waals surface area contributed by atoms with Crippen molar-refractivity contribution in [2.24, 2.45) is 0 Å². The third-order valence-corrected chi connectivity index (χ3v) is 3.32. The van der Waals surface area contributed by atoms with E-state index in [0.29, 0.717) is 12.8 Å². The quantitative estimate of drug-likeness (QED) is 0.719. The van der Waals surface area contributed by atoms with Crippen LogP contribution < -0.4 is 0 Å². The number of benzene rings is 1. The maximum atomic E-state index is 12.0. The average Bonchev–Trinajstić information content (AvgIpc) is 2.81. The lowest BCUT2D eigenvalue weighted by atomic mass is 10.0. The molecule has 5 heteroatoms. The third kappa shape index (κ3) is 3.70. The second-order valence-electron chi connectivity index (χ2n) is 4.72. The van der Waals surface area contributed by atoms with Crippen molar-refractivity contribution in [2.45, 2.75) is 25.6 Å². The molecule has 1 aliphatic rings. The molecule has 1 atom stereocenters. The van der Waals surface area contributed by atoms with Gasteiger partial charge in [0.2, 0.25) is 0 Å². The Morgan fingerprint density at radius 1 is 1.24 bits per heavy atom. The van der Waals surface area contributed by atoms with Crippen LogP contribution in [0.3, 0.4) is 0 Å². The molecule has 1 aromatic carbocycles. The van der Waals surface area contributed by atoms with Crippen LogP contribution in [0.25, 0.3) is 0 Å². The molecule has 0 bridgehead atoms. The number of cyclic esters (lactones) is 1. The summed E-state index contributed by atoms with van der Waals surface area (Å²) in [7, 11) is 2.84. The first-order valence-corrected chi connectivity index (χ1v) is 6.72. The lowest BCUT2D eigenvalue weighted by molar-refractivity contribution is -0.159. The Balaban J connectivity index is 1.97. The molecular weight excluding hydrogens is 272 g/mol. The fraction of sp³-hybridized carbons (Fsp3) is 0.375. The maximum absolute atomic E-state index is 12.0. The van der Waals surface area contributed by atoms with Crippen LogP contribution in [0.15, 0.2) is 41.7 Å². The summed E-state index contributed by atoms with van der Waals surface area (Å²) in [5, 5.41) is 0. The van der Waals surface area contributed by atoms with Crippen LogP contribution in [0, 0.1) is 0 Å². The van der Waals surface area contributed by atoms with Gasteiger partial charge in [-0.05, 0) is 12.0 Å². The molecule has 0 saturated carbocycles. The number of esters is 1. The van der Waals surface area contributed by atoms with E-state index >= 15 is 0 Å². The Morgan fingerprint density at radius 3 is 2.57 bits per heavy atom. The molecule has 1 aromatic rings. The molecule has 0 aliphatic carbocycles. The van der Waals surface area contributed by atoms with Gasteiger partial charge >= 0.3 is 5.97 Å². The minimum absolute atomic E-state index is 0.00863. The molecule has 0 spiro atoms. The predicted molar refractivity (Wildman–Crippen MR) is 75.3 cm³/mol. The number of carbonyl (C=O) groups is 2. The van der Waals surface area contributed by atoms with Crippen LogP contribution in [0.5, 0.6) is 0 Å². The first-order valence-electron chi connectivity index (χ1n) is 6.72. The van der Waals surface area contributed by atoms with E-state index in [1.165, 1.54) is 14.2 Å². The highest BCUT2D eigenvalue weighted by Crippen LogP contribution is 2.26. The molecule has 112 valence electrons. The molecule has 21 heavy (non-hydrogen) atoms. The van der Waals surface area contributed by atoms with E-state index in [4.69, 9.17) is 14.2 Å². The van der Waals surface area contributed by atoms with Gasteiger partial charge in [-0.2, -0.15) is 0 Å². The first-order chi connectivity index (χ1) is 10.2. The van der Waals surface area contributed by atoms with Crippen molar-refractivity contribution in [3.8, 4) is 0 Å². The number of rotatable bonds is 7. The lowest BCUT2D eigenvalue weighted by Crippen LogP contribution is -2.14. The monoisotopic (exact) mass is 290 g/mol. The number of methoxy groups -OCH3 is 2. The van der Waals surface area contributed by atoms with Crippen molar-refractivity contribution in [3.63, 3.8) is 0 Å². The van der Waals surface area contributed by atoms with Crippen LogP contribution >= 0.6 is 0 Å². The standard InChI is InChI=1S/C16H18O5/c1-19-14-13(15(18)21-16(14)20-2)10-12(17)9-8-11-6-4-3-5-7-11/h3-7,16H,8-10H2,1-2H3/t16-/m1/s1. The zero-order valence-corrected chi connectivity index (χ0v) is 12.1. The molecular formula is C16H18O5. The third-order valence-electron chi connectivity index (χ3n) is 3.32. The van der Waals surface area contributed by atoms with Crippen LogP contribution in [-0.2, 0) is 30.2 Å². The van der Waals surface area contributed by atoms with Crippen LogP contribution in [-0.4, -0.2) is 32.3 Å². The van der Waals surface area contributed by atoms with E-state index in [1.54, 1.807) is 0 Å². The van der Waals surface area contributed by atoms with Gasteiger partial charge in [0.15, 0.2) is 5.76 Å². The Bertz CT molecular complexity index is 547. The minimum atomic E-state index is -0.848. The van der Waals surface area contributed by atoms with Gasteiger partial charge in [-0.1, -0.05) is 30.3 Å². The smallest absolute Gasteiger partial charge is 0.340 e. The molecule has 5 nitrogen and oxygen atoms in total. The van der Waals surface area contributed by atoms with E-state index < -0.39 is 12.3 Å². The normalized spacial score (nSPS) is 17.8. The van der Waals surface area contributed by atoms with E-state index in [1.807, 2.05) is 30.3 Å². The summed E-state index contributed by atoms with van der Waals surface area (Å²) in [5.41, 5.74) is 1.35. The van der Waals surface area contributed by atoms with Crippen LogP contribution in [0.2, 0.25) is 0 Å². The number of carbonyl (C=O) groups excluding carboxylic acids is 2. The van der Waals surface area contributed by atoms with Gasteiger partial charge in [-0.25, -0.2) is 4.79 Å². The second kappa shape index (κ2) is 7.04. The van der Waals surface area contributed by atoms with E-state index in [-0.39, 0.29) is 23.5 Å². The van der Waals surface area contributed by atoms with Crippen molar-refractivity contribution in [1.29, 1.82) is 0 Å². The van der Waals surface area contributed by atoms with Crippen molar-refractivity contribution in [1.82, 2.24) is 0 Å². The molecule has 0 fully saturated rings. The van der Waals surface area contributed by atoms with Crippen molar-refractivity contribution >= 4 is 11.8 Å². The van der Waals surface area contributed by atoms with Gasteiger partial charge in [0.25, 0.3) is 6.29 Å². The van der Waals surface area contributed by atoms with Crippen molar-refractivity contribution in [2.75, 3.05) is 14.2 Å². The highest BCUT2D eigenvalue weighted by atomic mass is 16.7. The summed E-state index contributed by atoms with van der Waals surface area (Å²) in [5.74, 6) is -0.292. The zero-order valence-electron chi connectivity index (χ0n) is 12.1. The van der Waals surface area contributed by atoms with Crippen molar-refractivity contribution < 1.29 is 23.8 Å². The van der Waals surface area contributed by atoms with E-state index in [9.17, 15) is 9.59 Å². The summed E-state index contributed by atoms with van der Waals surface area (Å²) in [4.78, 5) is 23.8. The molecule has 0 saturated heterocycles. The van der Waals surface area contributed by atoms with Gasteiger partial charge in [-0.15, -0.1) is 0 Å². The lowest BCUT2D eigenvalue weighted by Gasteiger charge is -2.09.